The van der Waals surface area contributed by atoms with Crippen molar-refractivity contribution in [3.8, 4) is 0 Å². The molecule has 7 heteroatoms. The molecule has 0 saturated carbocycles. The Morgan fingerprint density at radius 2 is 1.80 bits per heavy atom. The number of benzene rings is 1. The van der Waals surface area contributed by atoms with E-state index < -0.39 is 18.2 Å². The first-order valence-corrected chi connectivity index (χ1v) is 12.2. The van der Waals surface area contributed by atoms with Crippen LogP contribution < -0.4 is 0 Å². The van der Waals surface area contributed by atoms with Gasteiger partial charge in [-0.25, -0.2) is 4.39 Å². The van der Waals surface area contributed by atoms with E-state index in [1.165, 1.54) is 6.07 Å². The second kappa shape index (κ2) is 9.85. The standard InChI is InChI=1S/C28H22FNO3S2/c29-23-13-22-24(14-21(23)19-5-1-3-7-25(19)34)30-15-16(28(22)20-6-2-4-8-26(20)35)9-10-18-11-17(31)12-27(32)33-18/h1-6,9-10,13-15,17-18,31H,7-8,11-12H2/b10-9+/t17-,18-/m1/s1. The Hall–Kier alpha value is -3.13. The van der Waals surface area contributed by atoms with Gasteiger partial charge in [-0.15, -0.1) is 0 Å². The van der Waals surface area contributed by atoms with Gasteiger partial charge in [-0.05, 0) is 29.4 Å². The van der Waals surface area contributed by atoms with E-state index in [-0.39, 0.29) is 12.2 Å². The number of hydrogen-bond acceptors (Lipinski definition) is 6. The number of nitrogens with zero attached hydrogens (tertiary/aromatic N) is 1. The third-order valence-corrected chi connectivity index (χ3v) is 7.00. The summed E-state index contributed by atoms with van der Waals surface area (Å²) in [6, 6.07) is 3.23. The molecular formula is C28H22FNO3S2. The average molecular weight is 504 g/mol. The van der Waals surface area contributed by atoms with E-state index in [1.807, 2.05) is 36.5 Å². The largest absolute Gasteiger partial charge is 0.458 e. The lowest BCUT2D eigenvalue weighted by Gasteiger charge is -2.23. The molecular weight excluding hydrogens is 481 g/mol. The Morgan fingerprint density at radius 1 is 1.09 bits per heavy atom. The zero-order chi connectivity index (χ0) is 24.5. The Kier molecular flexibility index (Phi) is 6.65. The van der Waals surface area contributed by atoms with Crippen molar-refractivity contribution in [3.63, 3.8) is 0 Å². The van der Waals surface area contributed by atoms with Gasteiger partial charge < -0.3 is 9.84 Å². The van der Waals surface area contributed by atoms with Crippen LogP contribution in [0.2, 0.25) is 0 Å². The van der Waals surface area contributed by atoms with Crippen molar-refractivity contribution in [2.24, 2.45) is 0 Å². The summed E-state index contributed by atoms with van der Waals surface area (Å²) in [7, 11) is 0. The molecule has 2 aromatic rings. The summed E-state index contributed by atoms with van der Waals surface area (Å²) < 4.78 is 20.8. The van der Waals surface area contributed by atoms with Crippen LogP contribution in [0.5, 0.6) is 0 Å². The van der Waals surface area contributed by atoms with Crippen LogP contribution in [0.25, 0.3) is 28.1 Å². The van der Waals surface area contributed by atoms with Crippen LogP contribution in [-0.4, -0.2) is 38.0 Å². The number of aliphatic hydroxyl groups is 1. The fourth-order valence-electron chi connectivity index (χ4n) is 4.55. The van der Waals surface area contributed by atoms with E-state index in [1.54, 1.807) is 24.4 Å². The topological polar surface area (TPSA) is 59.4 Å². The molecule has 2 atom stereocenters. The van der Waals surface area contributed by atoms with Crippen LogP contribution in [0.4, 0.5) is 4.39 Å². The number of esters is 1. The number of halogens is 1. The van der Waals surface area contributed by atoms with E-state index in [9.17, 15) is 9.90 Å². The molecule has 1 saturated heterocycles. The number of aromatic nitrogens is 1. The van der Waals surface area contributed by atoms with Crippen LogP contribution in [0.15, 0.2) is 60.9 Å². The van der Waals surface area contributed by atoms with Crippen LogP contribution in [-0.2, 0) is 9.53 Å². The molecule has 1 fully saturated rings. The third kappa shape index (κ3) is 4.85. The van der Waals surface area contributed by atoms with Gasteiger partial charge in [-0.1, -0.05) is 67.0 Å². The summed E-state index contributed by atoms with van der Waals surface area (Å²) >= 11 is 11.1. The minimum atomic E-state index is -0.735. The van der Waals surface area contributed by atoms with E-state index in [2.05, 4.69) is 4.98 Å². The molecule has 5 rings (SSSR count). The number of carbonyl (C=O) groups is 1. The highest BCUT2D eigenvalue weighted by Crippen LogP contribution is 2.35. The highest BCUT2D eigenvalue weighted by molar-refractivity contribution is 7.81. The van der Waals surface area contributed by atoms with Crippen LogP contribution in [0.3, 0.4) is 0 Å². The minimum Gasteiger partial charge on any atom is -0.458 e. The van der Waals surface area contributed by atoms with Gasteiger partial charge in [0.15, 0.2) is 0 Å². The molecule has 2 heterocycles. The molecule has 1 aromatic heterocycles. The lowest BCUT2D eigenvalue weighted by Crippen LogP contribution is -2.31. The maximum absolute atomic E-state index is 15.5. The van der Waals surface area contributed by atoms with Crippen molar-refractivity contribution in [2.75, 3.05) is 0 Å². The molecule has 0 unspecified atom stereocenters. The molecule has 4 nitrogen and oxygen atoms in total. The fraction of sp³-hybridized carbons (Fsp3) is 0.214. The first-order valence-electron chi connectivity index (χ1n) is 11.4. The van der Waals surface area contributed by atoms with Gasteiger partial charge in [0.25, 0.3) is 0 Å². The highest BCUT2D eigenvalue weighted by atomic mass is 32.1. The normalized spacial score (nSPS) is 22.5. The summed E-state index contributed by atoms with van der Waals surface area (Å²) in [6.45, 7) is 0. The van der Waals surface area contributed by atoms with E-state index in [4.69, 9.17) is 29.2 Å². The maximum atomic E-state index is 15.5. The quantitative estimate of drug-likeness (QED) is 0.415. The molecule has 2 aliphatic carbocycles. The zero-order valence-corrected chi connectivity index (χ0v) is 20.4. The molecule has 35 heavy (non-hydrogen) atoms. The number of allylic oxidation sites excluding steroid dienone is 8. The number of cyclic esters (lactones) is 1. The molecule has 1 aliphatic heterocycles. The van der Waals surface area contributed by atoms with E-state index >= 15 is 4.39 Å². The van der Waals surface area contributed by atoms with Gasteiger partial charge in [0.2, 0.25) is 0 Å². The number of carbonyl (C=O) groups excluding carboxylic acids is 1. The van der Waals surface area contributed by atoms with Gasteiger partial charge in [0, 0.05) is 57.3 Å². The number of rotatable bonds is 4. The Balaban J connectivity index is 1.65. The Bertz CT molecular complexity index is 1420. The van der Waals surface area contributed by atoms with Crippen molar-refractivity contribution >= 4 is 68.3 Å². The molecule has 0 amide bonds. The Labute approximate surface area is 213 Å². The molecule has 0 radical (unpaired) electrons. The number of fused-ring (bicyclic) bond motifs is 1. The monoisotopic (exact) mass is 503 g/mol. The first-order chi connectivity index (χ1) is 16.9. The van der Waals surface area contributed by atoms with E-state index in [0.717, 1.165) is 21.6 Å². The summed E-state index contributed by atoms with van der Waals surface area (Å²) in [5.41, 5.74) is 4.08. The average Bonchev–Trinajstić information content (AvgIpc) is 2.82. The first kappa shape index (κ1) is 23.6. The van der Waals surface area contributed by atoms with Crippen molar-refractivity contribution < 1.29 is 19.0 Å². The summed E-state index contributed by atoms with van der Waals surface area (Å²) in [5, 5.41) is 10.6. The summed E-state index contributed by atoms with van der Waals surface area (Å²) in [5.74, 6) is -0.816. The third-order valence-electron chi connectivity index (χ3n) is 6.23. The number of hydrogen-bond donors (Lipinski definition) is 1. The smallest absolute Gasteiger partial charge is 0.309 e. The molecule has 1 N–H and O–H groups in total. The number of thiocarbonyl (C=S) groups is 2. The number of pyridine rings is 1. The Morgan fingerprint density at radius 3 is 2.49 bits per heavy atom. The van der Waals surface area contributed by atoms with Gasteiger partial charge in [-0.3, -0.25) is 9.78 Å². The van der Waals surface area contributed by atoms with Gasteiger partial charge in [-0.2, -0.15) is 0 Å². The van der Waals surface area contributed by atoms with E-state index in [0.29, 0.717) is 46.2 Å². The van der Waals surface area contributed by atoms with Gasteiger partial charge >= 0.3 is 5.97 Å². The van der Waals surface area contributed by atoms with Crippen molar-refractivity contribution in [2.45, 2.75) is 37.9 Å². The van der Waals surface area contributed by atoms with Gasteiger partial charge in [0.05, 0.1) is 18.0 Å². The van der Waals surface area contributed by atoms with Gasteiger partial charge in [0.1, 0.15) is 11.9 Å². The van der Waals surface area contributed by atoms with Crippen LogP contribution >= 0.6 is 24.4 Å². The highest BCUT2D eigenvalue weighted by Gasteiger charge is 2.26. The maximum Gasteiger partial charge on any atom is 0.309 e. The molecule has 176 valence electrons. The second-order valence-corrected chi connectivity index (χ2v) is 9.68. The van der Waals surface area contributed by atoms with Crippen molar-refractivity contribution in [1.82, 2.24) is 4.98 Å². The zero-order valence-electron chi connectivity index (χ0n) is 18.7. The lowest BCUT2D eigenvalue weighted by molar-refractivity contribution is -0.156. The predicted molar refractivity (Wildman–Crippen MR) is 145 cm³/mol. The number of ether oxygens (including phenoxy) is 1. The summed E-state index contributed by atoms with van der Waals surface area (Å²) in [6.07, 6.45) is 17.0. The van der Waals surface area contributed by atoms with Crippen LogP contribution in [0, 0.1) is 5.82 Å². The molecule has 0 bridgehead atoms. The lowest BCUT2D eigenvalue weighted by atomic mass is 9.89. The fourth-order valence-corrected chi connectivity index (χ4v) is 5.09. The molecule has 3 aliphatic rings. The SMILES string of the molecule is O=C1C[C@H](O)C[C@@H](/C=C/c2cnc3cc(C4=CC=CCC4=S)c(F)cc3c2C2=CC=CCC2=S)O1. The van der Waals surface area contributed by atoms with Crippen molar-refractivity contribution in [1.29, 1.82) is 0 Å². The predicted octanol–water partition coefficient (Wildman–Crippen LogP) is 5.88. The van der Waals surface area contributed by atoms with Crippen LogP contribution in [0.1, 0.15) is 42.4 Å². The van der Waals surface area contributed by atoms with Crippen molar-refractivity contribution in [3.05, 3.63) is 83.4 Å². The molecule has 1 aromatic carbocycles. The number of aliphatic hydroxyl groups excluding tert-OH is 1. The summed E-state index contributed by atoms with van der Waals surface area (Å²) in [4.78, 5) is 17.8. The minimum absolute atomic E-state index is 0.00210. The second-order valence-electron chi connectivity index (χ2n) is 8.69. The molecule has 0 spiro atoms.